The molecule has 7 nitrogen and oxygen atoms in total. The third kappa shape index (κ3) is 3.43. The number of hydrogen-bond donors (Lipinski definition) is 1. The lowest BCUT2D eigenvalue weighted by Crippen LogP contribution is -2.27. The van der Waals surface area contributed by atoms with Crippen LogP contribution in [0.4, 0.5) is 14.6 Å². The van der Waals surface area contributed by atoms with Crippen LogP contribution in [0.2, 0.25) is 0 Å². The first-order chi connectivity index (χ1) is 15.7. The lowest BCUT2D eigenvalue weighted by molar-refractivity contribution is -0.119. The van der Waals surface area contributed by atoms with Crippen molar-refractivity contribution < 1.29 is 18.3 Å². The monoisotopic (exact) mass is 561 g/mol. The molecule has 4 aromatic rings. The van der Waals surface area contributed by atoms with Gasteiger partial charge in [-0.3, -0.25) is 9.20 Å². The predicted molar refractivity (Wildman–Crippen MR) is 126 cm³/mol. The minimum Gasteiger partial charge on any atom is -0.485 e. The fourth-order valence-corrected chi connectivity index (χ4v) is 5.08. The molecule has 10 heteroatoms. The summed E-state index contributed by atoms with van der Waals surface area (Å²) in [6, 6.07) is 7.11. The highest BCUT2D eigenvalue weighted by Gasteiger charge is 2.42. The van der Waals surface area contributed by atoms with E-state index < -0.39 is 17.0 Å². The summed E-state index contributed by atoms with van der Waals surface area (Å²) in [6.07, 6.45) is 1.78. The van der Waals surface area contributed by atoms with Crippen molar-refractivity contribution in [1.29, 1.82) is 0 Å². The molecule has 0 bridgehead atoms. The van der Waals surface area contributed by atoms with Gasteiger partial charge in [-0.15, -0.1) is 0 Å². The first-order valence-corrected chi connectivity index (χ1v) is 11.2. The average molecular weight is 561 g/mol. The summed E-state index contributed by atoms with van der Waals surface area (Å²) in [5, 5.41) is 2.84. The van der Waals surface area contributed by atoms with Crippen molar-refractivity contribution in [3.05, 3.63) is 68.7 Å². The zero-order valence-electron chi connectivity index (χ0n) is 17.9. The lowest BCUT2D eigenvalue weighted by Gasteiger charge is -2.16. The van der Waals surface area contributed by atoms with Gasteiger partial charge in [-0.1, -0.05) is 6.07 Å². The number of imidazole rings is 1. The highest BCUT2D eigenvalue weighted by molar-refractivity contribution is 14.1. The van der Waals surface area contributed by atoms with Crippen LogP contribution in [-0.2, 0) is 16.8 Å². The molecule has 33 heavy (non-hydrogen) atoms. The second-order valence-electron chi connectivity index (χ2n) is 8.24. The molecule has 168 valence electrons. The summed E-state index contributed by atoms with van der Waals surface area (Å²) >= 11 is 2.11. The highest BCUT2D eigenvalue weighted by atomic mass is 127. The van der Waals surface area contributed by atoms with E-state index >= 15 is 0 Å². The second kappa shape index (κ2) is 7.72. The van der Waals surface area contributed by atoms with E-state index in [2.05, 4.69) is 42.9 Å². The number of fused-ring (bicyclic) bond motifs is 2. The maximum Gasteiger partial charge on any atom is 0.235 e. The van der Waals surface area contributed by atoms with E-state index in [1.54, 1.807) is 22.7 Å². The van der Waals surface area contributed by atoms with E-state index in [-0.39, 0.29) is 18.1 Å². The van der Waals surface area contributed by atoms with Gasteiger partial charge in [-0.25, -0.2) is 23.7 Å². The van der Waals surface area contributed by atoms with E-state index in [0.717, 1.165) is 5.56 Å². The van der Waals surface area contributed by atoms with Gasteiger partial charge in [0.15, 0.2) is 17.2 Å². The number of anilines is 1. The number of hydrogen-bond acceptors (Lipinski definition) is 5. The Morgan fingerprint density at radius 2 is 1.85 bits per heavy atom. The number of halogens is 3. The number of benzene rings is 1. The van der Waals surface area contributed by atoms with Crippen molar-refractivity contribution in [3.8, 4) is 17.3 Å². The zero-order valence-corrected chi connectivity index (χ0v) is 20.1. The Morgan fingerprint density at radius 1 is 1.12 bits per heavy atom. The Balaban J connectivity index is 1.57. The number of nitrogens with one attached hydrogen (secondary N) is 1. The molecule has 3 aromatic heterocycles. The molecule has 0 spiro atoms. The number of amides is 1. The average Bonchev–Trinajstić information content (AvgIpc) is 3.20. The van der Waals surface area contributed by atoms with Gasteiger partial charge in [0.05, 0.1) is 16.7 Å². The van der Waals surface area contributed by atoms with E-state index in [4.69, 9.17) is 4.74 Å². The quantitative estimate of drug-likeness (QED) is 0.286. The minimum absolute atomic E-state index is 0.132. The van der Waals surface area contributed by atoms with E-state index in [1.807, 2.05) is 20.8 Å². The highest BCUT2D eigenvalue weighted by Crippen LogP contribution is 2.40. The summed E-state index contributed by atoms with van der Waals surface area (Å²) in [7, 11) is 0. The maximum absolute atomic E-state index is 14.0. The summed E-state index contributed by atoms with van der Waals surface area (Å²) < 4.78 is 36.2. The van der Waals surface area contributed by atoms with Gasteiger partial charge in [-0.2, -0.15) is 0 Å². The van der Waals surface area contributed by atoms with Crippen molar-refractivity contribution in [2.75, 3.05) is 5.32 Å². The Bertz CT molecular complexity index is 1430. The molecule has 0 aliphatic carbocycles. The number of pyridine rings is 1. The van der Waals surface area contributed by atoms with Crippen LogP contribution < -0.4 is 10.1 Å². The standard InChI is InChI=1S/C23H18F2IN5O2/c1-11-17(20-28-18(26)16-19(29-20)30-22(32)23(16,2)3)31-9-5-8-15(21(31)27-11)33-10-12-13(24)6-4-7-14(12)25/h4-9H,10H2,1-3H3,(H,28,29,30,32). The van der Waals surface area contributed by atoms with Crippen LogP contribution in [0.1, 0.15) is 30.7 Å². The third-order valence-electron chi connectivity index (χ3n) is 5.72. The topological polar surface area (TPSA) is 81.4 Å². The van der Waals surface area contributed by atoms with Crippen molar-refractivity contribution in [2.45, 2.75) is 32.8 Å². The first kappa shape index (κ1) is 21.7. The Hall–Kier alpha value is -3.15. The largest absolute Gasteiger partial charge is 0.485 e. The van der Waals surface area contributed by atoms with Crippen molar-refractivity contribution in [1.82, 2.24) is 19.4 Å². The van der Waals surface area contributed by atoms with E-state index in [9.17, 15) is 13.6 Å². The first-order valence-electron chi connectivity index (χ1n) is 10.1. The molecule has 1 N–H and O–H groups in total. The summed E-state index contributed by atoms with van der Waals surface area (Å²) in [6.45, 7) is 5.20. The van der Waals surface area contributed by atoms with Gasteiger partial charge in [0.1, 0.15) is 33.5 Å². The van der Waals surface area contributed by atoms with Crippen LogP contribution in [0.3, 0.4) is 0 Å². The number of aryl methyl sites for hydroxylation is 1. The molecule has 0 atom stereocenters. The molecule has 0 radical (unpaired) electrons. The van der Waals surface area contributed by atoms with Crippen LogP contribution >= 0.6 is 22.6 Å². The molecule has 0 saturated carbocycles. The third-order valence-corrected chi connectivity index (χ3v) is 6.50. The normalized spacial score (nSPS) is 14.4. The fourth-order valence-electron chi connectivity index (χ4n) is 3.92. The van der Waals surface area contributed by atoms with Gasteiger partial charge >= 0.3 is 0 Å². The summed E-state index contributed by atoms with van der Waals surface area (Å²) in [5.41, 5.74) is 1.62. The van der Waals surface area contributed by atoms with Crippen molar-refractivity contribution in [3.63, 3.8) is 0 Å². The van der Waals surface area contributed by atoms with Crippen LogP contribution in [0.5, 0.6) is 5.75 Å². The Kier molecular flexibility index (Phi) is 5.07. The van der Waals surface area contributed by atoms with Gasteiger partial charge in [-0.05, 0) is 67.6 Å². The number of rotatable bonds is 4. The Morgan fingerprint density at radius 3 is 2.58 bits per heavy atom. The number of carbonyl (C=O) groups excluding carboxylic acids is 1. The second-order valence-corrected chi connectivity index (χ2v) is 9.26. The molecule has 5 rings (SSSR count). The smallest absolute Gasteiger partial charge is 0.235 e. The molecule has 4 heterocycles. The molecule has 1 amide bonds. The van der Waals surface area contributed by atoms with Crippen LogP contribution in [0, 0.1) is 22.3 Å². The van der Waals surface area contributed by atoms with Gasteiger partial charge in [0, 0.05) is 11.8 Å². The minimum atomic E-state index is -0.720. The van der Waals surface area contributed by atoms with Crippen LogP contribution in [-0.4, -0.2) is 25.3 Å². The summed E-state index contributed by atoms with van der Waals surface area (Å²) in [4.78, 5) is 26.3. The molecule has 1 aliphatic rings. The maximum atomic E-state index is 14.0. The Labute approximate surface area is 201 Å². The van der Waals surface area contributed by atoms with E-state index in [0.29, 0.717) is 38.1 Å². The fraction of sp³-hybridized carbons (Fsp3) is 0.217. The van der Waals surface area contributed by atoms with Crippen molar-refractivity contribution >= 4 is 40.0 Å². The molecule has 0 fully saturated rings. The molecule has 1 aliphatic heterocycles. The molecular formula is C23H18F2IN5O2. The van der Waals surface area contributed by atoms with Gasteiger partial charge < -0.3 is 10.1 Å². The van der Waals surface area contributed by atoms with Gasteiger partial charge in [0.25, 0.3) is 0 Å². The number of nitrogens with zero attached hydrogens (tertiary/aromatic N) is 4. The summed E-state index contributed by atoms with van der Waals surface area (Å²) in [5.74, 6) is -0.233. The molecule has 0 saturated heterocycles. The lowest BCUT2D eigenvalue weighted by atomic mass is 9.88. The predicted octanol–water partition coefficient (Wildman–Crippen LogP) is 4.79. The van der Waals surface area contributed by atoms with Gasteiger partial charge in [0.2, 0.25) is 5.91 Å². The van der Waals surface area contributed by atoms with Crippen molar-refractivity contribution in [2.24, 2.45) is 0 Å². The molecule has 1 aromatic carbocycles. The SMILES string of the molecule is Cc1nc2c(OCc3c(F)cccc3F)cccn2c1-c1nc(I)c2c(n1)NC(=O)C2(C)C. The number of ether oxygens (including phenoxy) is 1. The number of aromatic nitrogens is 4. The molecule has 0 unspecified atom stereocenters. The van der Waals surface area contributed by atoms with Crippen LogP contribution in [0.25, 0.3) is 17.2 Å². The zero-order chi connectivity index (χ0) is 23.5. The number of carbonyl (C=O) groups is 1. The molecular weight excluding hydrogens is 543 g/mol. The van der Waals surface area contributed by atoms with E-state index in [1.165, 1.54) is 18.2 Å². The van der Waals surface area contributed by atoms with Crippen LogP contribution in [0.15, 0.2) is 36.5 Å².